The summed E-state index contributed by atoms with van der Waals surface area (Å²) in [6, 6.07) is 1.98. The zero-order valence-electron chi connectivity index (χ0n) is 15.7. The minimum atomic E-state index is -0.413. The Bertz CT molecular complexity index is 744. The van der Waals surface area contributed by atoms with Gasteiger partial charge in [-0.1, -0.05) is 25.4 Å². The molecule has 0 saturated carbocycles. The second kappa shape index (κ2) is 6.42. The van der Waals surface area contributed by atoms with Crippen LogP contribution in [0.1, 0.15) is 53.1 Å². The van der Waals surface area contributed by atoms with Crippen LogP contribution in [0.3, 0.4) is 0 Å². The van der Waals surface area contributed by atoms with Crippen LogP contribution < -0.4 is 5.46 Å². The molecule has 3 rings (SSSR count). The Morgan fingerprint density at radius 1 is 1.08 bits per heavy atom. The molecule has 0 radical (unpaired) electrons. The SMILES string of the molecule is CC(C)C(c1cncc(Cl)c1)n1cc(B2OC(C)(C)C(C)(C)O2)cn1. The van der Waals surface area contributed by atoms with Gasteiger partial charge < -0.3 is 9.31 Å². The molecule has 0 bridgehead atoms. The third-order valence-electron chi connectivity index (χ3n) is 5.13. The first-order chi connectivity index (χ1) is 11.6. The van der Waals surface area contributed by atoms with Crippen LogP contribution in [0.4, 0.5) is 0 Å². The normalized spacial score (nSPS) is 20.2. The van der Waals surface area contributed by atoms with Crippen LogP contribution >= 0.6 is 11.6 Å². The number of nitrogens with zero attached hydrogens (tertiary/aromatic N) is 3. The van der Waals surface area contributed by atoms with E-state index in [1.165, 1.54) is 0 Å². The number of hydrogen-bond acceptors (Lipinski definition) is 4. The summed E-state index contributed by atoms with van der Waals surface area (Å²) in [5.41, 5.74) is 1.22. The fraction of sp³-hybridized carbons (Fsp3) is 0.556. The Morgan fingerprint density at radius 2 is 1.72 bits per heavy atom. The summed E-state index contributed by atoms with van der Waals surface area (Å²) in [5.74, 6) is 0.325. The van der Waals surface area contributed by atoms with Crippen LogP contribution in [0.5, 0.6) is 0 Å². The molecule has 1 unspecified atom stereocenters. The van der Waals surface area contributed by atoms with E-state index in [4.69, 9.17) is 20.9 Å². The van der Waals surface area contributed by atoms with Gasteiger partial charge in [0.1, 0.15) is 0 Å². The molecule has 134 valence electrons. The molecule has 25 heavy (non-hydrogen) atoms. The molecule has 1 atom stereocenters. The summed E-state index contributed by atoms with van der Waals surface area (Å²) in [7, 11) is -0.413. The van der Waals surface area contributed by atoms with Crippen molar-refractivity contribution in [2.45, 2.75) is 58.8 Å². The molecule has 1 aliphatic rings. The van der Waals surface area contributed by atoms with E-state index in [0.29, 0.717) is 10.9 Å². The quantitative estimate of drug-likeness (QED) is 0.782. The van der Waals surface area contributed by atoms with E-state index >= 15 is 0 Å². The molecule has 5 nitrogen and oxygen atoms in total. The van der Waals surface area contributed by atoms with Gasteiger partial charge in [-0.2, -0.15) is 5.10 Å². The summed E-state index contributed by atoms with van der Waals surface area (Å²) in [6.07, 6.45) is 7.29. The van der Waals surface area contributed by atoms with Gasteiger partial charge in [0.15, 0.2) is 0 Å². The number of aromatic nitrogens is 3. The van der Waals surface area contributed by atoms with Crippen molar-refractivity contribution in [1.82, 2.24) is 14.8 Å². The van der Waals surface area contributed by atoms with Gasteiger partial charge in [-0.3, -0.25) is 9.67 Å². The maximum Gasteiger partial charge on any atom is 0.498 e. The third kappa shape index (κ3) is 3.48. The van der Waals surface area contributed by atoms with Crippen molar-refractivity contribution in [2.24, 2.45) is 5.92 Å². The molecule has 1 aliphatic heterocycles. The van der Waals surface area contributed by atoms with E-state index in [1.54, 1.807) is 6.20 Å². The highest BCUT2D eigenvalue weighted by Gasteiger charge is 2.52. The highest BCUT2D eigenvalue weighted by atomic mass is 35.5. The topological polar surface area (TPSA) is 49.2 Å². The van der Waals surface area contributed by atoms with Crippen LogP contribution in [0.15, 0.2) is 30.9 Å². The number of hydrogen-bond donors (Lipinski definition) is 0. The second-order valence-electron chi connectivity index (χ2n) is 7.97. The molecule has 7 heteroatoms. The highest BCUT2D eigenvalue weighted by molar-refractivity contribution is 6.62. The molecule has 0 amide bonds. The largest absolute Gasteiger partial charge is 0.498 e. The lowest BCUT2D eigenvalue weighted by Gasteiger charge is -2.32. The molecule has 0 aliphatic carbocycles. The van der Waals surface area contributed by atoms with Crippen molar-refractivity contribution in [3.63, 3.8) is 0 Å². The molecular weight excluding hydrogens is 336 g/mol. The molecule has 1 fully saturated rings. The molecule has 1 saturated heterocycles. The van der Waals surface area contributed by atoms with Gasteiger partial charge in [-0.15, -0.1) is 0 Å². The standard InChI is InChI=1S/C18H25BClN3O2/c1-12(2)16(13-7-15(20)10-21-8-13)23-11-14(9-22-23)19-24-17(3,4)18(5,6)25-19/h7-12,16H,1-6H3. The lowest BCUT2D eigenvalue weighted by atomic mass is 9.82. The first kappa shape index (κ1) is 18.4. The van der Waals surface area contributed by atoms with Crippen LogP contribution in [-0.4, -0.2) is 33.1 Å². The van der Waals surface area contributed by atoms with Crippen molar-refractivity contribution in [1.29, 1.82) is 0 Å². The summed E-state index contributed by atoms with van der Waals surface area (Å²) >= 11 is 6.12. The Labute approximate surface area is 154 Å². The first-order valence-electron chi connectivity index (χ1n) is 8.61. The fourth-order valence-electron chi connectivity index (χ4n) is 3.04. The zero-order chi connectivity index (χ0) is 18.4. The van der Waals surface area contributed by atoms with Crippen molar-refractivity contribution in [2.75, 3.05) is 0 Å². The monoisotopic (exact) mass is 361 g/mol. The first-order valence-corrected chi connectivity index (χ1v) is 8.99. The van der Waals surface area contributed by atoms with Gasteiger partial charge in [0.2, 0.25) is 0 Å². The average Bonchev–Trinajstić information content (AvgIpc) is 3.02. The van der Waals surface area contributed by atoms with Crippen molar-refractivity contribution < 1.29 is 9.31 Å². The lowest BCUT2D eigenvalue weighted by molar-refractivity contribution is 0.00578. The predicted octanol–water partition coefficient (Wildman–Crippen LogP) is 3.48. The molecular formula is C18H25BClN3O2. The Balaban J connectivity index is 1.89. The minimum Gasteiger partial charge on any atom is -0.399 e. The molecule has 3 heterocycles. The minimum absolute atomic E-state index is 0.0439. The molecule has 2 aromatic heterocycles. The van der Waals surface area contributed by atoms with E-state index in [0.717, 1.165) is 11.0 Å². The molecule has 0 aromatic carbocycles. The van der Waals surface area contributed by atoms with Crippen molar-refractivity contribution in [3.8, 4) is 0 Å². The van der Waals surface area contributed by atoms with E-state index in [2.05, 4.69) is 23.9 Å². The summed E-state index contributed by atoms with van der Waals surface area (Å²) in [6.45, 7) is 12.5. The molecule has 0 spiro atoms. The predicted molar refractivity (Wildman–Crippen MR) is 100 cm³/mol. The number of rotatable bonds is 4. The fourth-order valence-corrected chi connectivity index (χ4v) is 3.22. The highest BCUT2D eigenvalue weighted by Crippen LogP contribution is 2.36. The van der Waals surface area contributed by atoms with Gasteiger partial charge in [-0.25, -0.2) is 0 Å². The van der Waals surface area contributed by atoms with Gasteiger partial charge >= 0.3 is 7.12 Å². The summed E-state index contributed by atoms with van der Waals surface area (Å²) in [5, 5.41) is 5.20. The van der Waals surface area contributed by atoms with Crippen molar-refractivity contribution >= 4 is 24.2 Å². The number of pyridine rings is 1. The van der Waals surface area contributed by atoms with Gasteiger partial charge in [-0.05, 0) is 45.2 Å². The Hall–Kier alpha value is -1.37. The zero-order valence-corrected chi connectivity index (χ0v) is 16.4. The molecule has 2 aromatic rings. The molecule has 0 N–H and O–H groups in total. The van der Waals surface area contributed by atoms with Crippen LogP contribution in [-0.2, 0) is 9.31 Å². The van der Waals surface area contributed by atoms with Gasteiger partial charge in [0, 0.05) is 30.3 Å². The van der Waals surface area contributed by atoms with E-state index in [-0.39, 0.29) is 17.2 Å². The van der Waals surface area contributed by atoms with Gasteiger partial charge in [0.25, 0.3) is 0 Å². The summed E-state index contributed by atoms with van der Waals surface area (Å²) in [4.78, 5) is 4.21. The smallest absolute Gasteiger partial charge is 0.399 e. The van der Waals surface area contributed by atoms with E-state index < -0.39 is 7.12 Å². The van der Waals surface area contributed by atoms with Gasteiger partial charge in [0.05, 0.1) is 22.3 Å². The number of halogens is 1. The second-order valence-corrected chi connectivity index (χ2v) is 8.40. The maximum absolute atomic E-state index is 6.12. The maximum atomic E-state index is 6.12. The average molecular weight is 362 g/mol. The van der Waals surface area contributed by atoms with E-state index in [9.17, 15) is 0 Å². The van der Waals surface area contributed by atoms with Crippen LogP contribution in [0.2, 0.25) is 5.02 Å². The lowest BCUT2D eigenvalue weighted by Crippen LogP contribution is -2.41. The Kier molecular flexibility index (Phi) is 4.73. The van der Waals surface area contributed by atoms with E-state index in [1.807, 2.05) is 57.0 Å². The Morgan fingerprint density at radius 3 is 2.28 bits per heavy atom. The van der Waals surface area contributed by atoms with Crippen molar-refractivity contribution in [3.05, 3.63) is 41.4 Å². The van der Waals surface area contributed by atoms with Crippen LogP contribution in [0.25, 0.3) is 0 Å². The summed E-state index contributed by atoms with van der Waals surface area (Å²) < 4.78 is 14.2. The van der Waals surface area contributed by atoms with Crippen LogP contribution in [0, 0.1) is 5.92 Å². The third-order valence-corrected chi connectivity index (χ3v) is 5.34.